The van der Waals surface area contributed by atoms with Crippen molar-refractivity contribution in [2.24, 2.45) is 5.92 Å². The molecule has 0 radical (unpaired) electrons. The SMILES string of the molecule is O=C1CCCC[C@@H](CO)[C@H](O)C[C@H](c2ccccc2)O1. The molecule has 1 aromatic rings. The summed E-state index contributed by atoms with van der Waals surface area (Å²) in [7, 11) is 0. The number of esters is 1. The second kappa shape index (κ2) is 7.41. The molecule has 2 N–H and O–H groups in total. The van der Waals surface area contributed by atoms with Crippen molar-refractivity contribution in [1.29, 1.82) is 0 Å². The lowest BCUT2D eigenvalue weighted by Crippen LogP contribution is -2.28. The van der Waals surface area contributed by atoms with E-state index < -0.39 is 12.2 Å². The first-order valence-electron chi connectivity index (χ1n) is 7.24. The number of carbonyl (C=O) groups excluding carboxylic acids is 1. The molecule has 0 bridgehead atoms. The number of ether oxygens (including phenoxy) is 1. The maximum Gasteiger partial charge on any atom is 0.306 e. The van der Waals surface area contributed by atoms with Gasteiger partial charge in [0.25, 0.3) is 0 Å². The molecule has 1 saturated heterocycles. The molecular weight excluding hydrogens is 256 g/mol. The highest BCUT2D eigenvalue weighted by molar-refractivity contribution is 5.69. The van der Waals surface area contributed by atoms with Gasteiger partial charge in [-0.2, -0.15) is 0 Å². The smallest absolute Gasteiger partial charge is 0.306 e. The van der Waals surface area contributed by atoms with E-state index in [-0.39, 0.29) is 18.5 Å². The number of aliphatic hydroxyl groups excluding tert-OH is 2. The third-order valence-electron chi connectivity index (χ3n) is 3.89. The lowest BCUT2D eigenvalue weighted by Gasteiger charge is -2.27. The molecule has 1 heterocycles. The number of rotatable bonds is 2. The van der Waals surface area contributed by atoms with E-state index >= 15 is 0 Å². The summed E-state index contributed by atoms with van der Waals surface area (Å²) in [6.07, 6.45) is 1.95. The average molecular weight is 278 g/mol. The lowest BCUT2D eigenvalue weighted by molar-refractivity contribution is -0.152. The Morgan fingerprint density at radius 2 is 1.95 bits per heavy atom. The topological polar surface area (TPSA) is 66.8 Å². The molecule has 1 aromatic carbocycles. The van der Waals surface area contributed by atoms with Crippen LogP contribution < -0.4 is 0 Å². The Hall–Kier alpha value is -1.39. The van der Waals surface area contributed by atoms with Gasteiger partial charge in [-0.25, -0.2) is 0 Å². The van der Waals surface area contributed by atoms with Crippen LogP contribution in [0.15, 0.2) is 30.3 Å². The van der Waals surface area contributed by atoms with E-state index in [1.165, 1.54) is 0 Å². The molecule has 3 atom stereocenters. The fourth-order valence-corrected chi connectivity index (χ4v) is 2.63. The zero-order valence-electron chi connectivity index (χ0n) is 11.6. The quantitative estimate of drug-likeness (QED) is 0.814. The van der Waals surface area contributed by atoms with Gasteiger partial charge in [-0.15, -0.1) is 0 Å². The van der Waals surface area contributed by atoms with Crippen LogP contribution in [-0.4, -0.2) is 28.9 Å². The summed E-state index contributed by atoms with van der Waals surface area (Å²) in [5.74, 6) is -0.355. The van der Waals surface area contributed by atoms with E-state index in [1.807, 2.05) is 30.3 Å². The van der Waals surface area contributed by atoms with Crippen LogP contribution in [0.3, 0.4) is 0 Å². The zero-order valence-corrected chi connectivity index (χ0v) is 11.6. The van der Waals surface area contributed by atoms with Crippen molar-refractivity contribution < 1.29 is 19.7 Å². The van der Waals surface area contributed by atoms with Gasteiger partial charge in [-0.3, -0.25) is 4.79 Å². The van der Waals surface area contributed by atoms with Crippen molar-refractivity contribution in [3.05, 3.63) is 35.9 Å². The Morgan fingerprint density at radius 1 is 1.20 bits per heavy atom. The Bertz CT molecular complexity index is 418. The first-order valence-corrected chi connectivity index (χ1v) is 7.24. The monoisotopic (exact) mass is 278 g/mol. The molecule has 4 heteroatoms. The van der Waals surface area contributed by atoms with Crippen molar-refractivity contribution in [3.63, 3.8) is 0 Å². The number of carbonyl (C=O) groups is 1. The minimum absolute atomic E-state index is 0.0311. The highest BCUT2D eigenvalue weighted by Crippen LogP contribution is 2.29. The van der Waals surface area contributed by atoms with Gasteiger partial charge in [0.05, 0.1) is 6.10 Å². The molecule has 4 nitrogen and oxygen atoms in total. The third-order valence-corrected chi connectivity index (χ3v) is 3.89. The van der Waals surface area contributed by atoms with Crippen LogP contribution in [0.4, 0.5) is 0 Å². The van der Waals surface area contributed by atoms with E-state index in [0.717, 1.165) is 24.8 Å². The number of cyclic esters (lactones) is 1. The van der Waals surface area contributed by atoms with Gasteiger partial charge >= 0.3 is 5.97 Å². The molecule has 110 valence electrons. The van der Waals surface area contributed by atoms with Crippen molar-refractivity contribution in [2.45, 2.75) is 44.3 Å². The largest absolute Gasteiger partial charge is 0.457 e. The average Bonchev–Trinajstić information content (AvgIpc) is 2.47. The van der Waals surface area contributed by atoms with Crippen molar-refractivity contribution in [2.75, 3.05) is 6.61 Å². The molecule has 1 aliphatic rings. The summed E-state index contributed by atoms with van der Waals surface area (Å²) in [4.78, 5) is 11.8. The van der Waals surface area contributed by atoms with E-state index in [1.54, 1.807) is 0 Å². The molecule has 20 heavy (non-hydrogen) atoms. The van der Waals surface area contributed by atoms with Gasteiger partial charge in [0.15, 0.2) is 0 Å². The van der Waals surface area contributed by atoms with Gasteiger partial charge in [0.2, 0.25) is 0 Å². The number of aliphatic hydroxyl groups is 2. The van der Waals surface area contributed by atoms with E-state index in [4.69, 9.17) is 4.74 Å². The normalized spacial score (nSPS) is 28.7. The Balaban J connectivity index is 2.15. The molecule has 0 saturated carbocycles. The molecule has 0 aromatic heterocycles. The molecule has 1 aliphatic heterocycles. The van der Waals surface area contributed by atoms with Crippen LogP contribution >= 0.6 is 0 Å². The minimum Gasteiger partial charge on any atom is -0.457 e. The summed E-state index contributed by atoms with van der Waals surface area (Å²) in [6, 6.07) is 9.46. The predicted molar refractivity (Wildman–Crippen MR) is 74.9 cm³/mol. The molecule has 1 fully saturated rings. The first-order chi connectivity index (χ1) is 9.70. The maximum atomic E-state index is 11.8. The summed E-state index contributed by atoms with van der Waals surface area (Å²) in [6.45, 7) is -0.0311. The predicted octanol–water partition coefficient (Wildman–Crippen LogP) is 2.20. The maximum absolute atomic E-state index is 11.8. The number of benzene rings is 1. The van der Waals surface area contributed by atoms with Crippen LogP contribution in [0.5, 0.6) is 0 Å². The summed E-state index contributed by atoms with van der Waals surface area (Å²) in [5, 5.41) is 19.6. The van der Waals surface area contributed by atoms with Gasteiger partial charge in [-0.05, 0) is 18.4 Å². The second-order valence-corrected chi connectivity index (χ2v) is 5.38. The lowest BCUT2D eigenvalue weighted by atomic mass is 9.90. The highest BCUT2D eigenvalue weighted by Gasteiger charge is 2.27. The van der Waals surface area contributed by atoms with E-state index in [0.29, 0.717) is 12.8 Å². The Morgan fingerprint density at radius 3 is 2.65 bits per heavy atom. The molecule has 0 aliphatic carbocycles. The van der Waals surface area contributed by atoms with Crippen molar-refractivity contribution in [3.8, 4) is 0 Å². The van der Waals surface area contributed by atoms with Gasteiger partial charge in [-0.1, -0.05) is 36.8 Å². The van der Waals surface area contributed by atoms with Crippen molar-refractivity contribution in [1.82, 2.24) is 0 Å². The fraction of sp³-hybridized carbons (Fsp3) is 0.562. The van der Waals surface area contributed by atoms with Crippen LogP contribution in [0.2, 0.25) is 0 Å². The van der Waals surface area contributed by atoms with Gasteiger partial charge < -0.3 is 14.9 Å². The van der Waals surface area contributed by atoms with E-state index in [2.05, 4.69) is 0 Å². The van der Waals surface area contributed by atoms with Gasteiger partial charge in [0.1, 0.15) is 6.10 Å². The Labute approximate surface area is 119 Å². The number of hydrogen-bond donors (Lipinski definition) is 2. The summed E-state index contributed by atoms with van der Waals surface area (Å²) in [5.41, 5.74) is 0.886. The molecule has 2 rings (SSSR count). The zero-order chi connectivity index (χ0) is 14.4. The second-order valence-electron chi connectivity index (χ2n) is 5.38. The van der Waals surface area contributed by atoms with Crippen LogP contribution in [0.1, 0.15) is 43.8 Å². The van der Waals surface area contributed by atoms with Crippen LogP contribution in [0, 0.1) is 5.92 Å². The highest BCUT2D eigenvalue weighted by atomic mass is 16.5. The molecule has 0 spiro atoms. The molecule has 0 unspecified atom stereocenters. The van der Waals surface area contributed by atoms with E-state index in [9.17, 15) is 15.0 Å². The van der Waals surface area contributed by atoms with Gasteiger partial charge in [0, 0.05) is 25.4 Å². The fourth-order valence-electron chi connectivity index (χ4n) is 2.63. The molecule has 0 amide bonds. The third kappa shape index (κ3) is 4.05. The summed E-state index contributed by atoms with van der Waals surface area (Å²) < 4.78 is 5.50. The van der Waals surface area contributed by atoms with Crippen molar-refractivity contribution >= 4 is 5.97 Å². The molecular formula is C16H22O4. The number of hydrogen-bond acceptors (Lipinski definition) is 4. The Kier molecular flexibility index (Phi) is 5.56. The van der Waals surface area contributed by atoms with Crippen LogP contribution in [-0.2, 0) is 9.53 Å². The minimum atomic E-state index is -0.656. The standard InChI is InChI=1S/C16H22O4/c17-11-13-8-4-5-9-16(19)20-15(10-14(13)18)12-6-2-1-3-7-12/h1-3,6-7,13-15,17-18H,4-5,8-11H2/t13-,14+,15+/m0/s1. The van der Waals surface area contributed by atoms with Crippen LogP contribution in [0.25, 0.3) is 0 Å². The first kappa shape index (κ1) is 15.0. The summed E-state index contributed by atoms with van der Waals surface area (Å²) >= 11 is 0.